The first-order valence-corrected chi connectivity index (χ1v) is 11.8. The number of thioether (sulfide) groups is 1. The Morgan fingerprint density at radius 2 is 1.91 bits per heavy atom. The minimum Gasteiger partial charge on any atom is -0.454 e. The summed E-state index contributed by atoms with van der Waals surface area (Å²) in [6, 6.07) is 7.36. The summed E-state index contributed by atoms with van der Waals surface area (Å²) in [5.74, 6) is 1.79. The van der Waals surface area contributed by atoms with E-state index in [2.05, 4.69) is 20.2 Å². The molecule has 9 nitrogen and oxygen atoms in total. The standard InChI is InChI=1S/C21H23ClN4O5S/c22-17-10-18(26-5-3-21(4-6-26)30-7-8-31-21)25-20(24-17)32-12-19(27)23-11-14-1-2-15-16(9-14)29-13-28-15/h1-2,9-10H,3-8,11-13H2,(H,23,27). The van der Waals surface area contributed by atoms with Gasteiger partial charge in [0.15, 0.2) is 22.4 Å². The number of piperidine rings is 1. The maximum atomic E-state index is 12.3. The van der Waals surface area contributed by atoms with Crippen LogP contribution in [0.25, 0.3) is 0 Å². The number of carbonyl (C=O) groups excluding carboxylic acids is 1. The van der Waals surface area contributed by atoms with E-state index in [4.69, 9.17) is 30.5 Å². The van der Waals surface area contributed by atoms with Gasteiger partial charge in [-0.05, 0) is 17.7 Å². The zero-order valence-corrected chi connectivity index (χ0v) is 18.9. The predicted octanol–water partition coefficient (Wildman–Crippen LogP) is 2.61. The molecule has 2 saturated heterocycles. The van der Waals surface area contributed by atoms with Gasteiger partial charge in [0, 0.05) is 38.5 Å². The lowest BCUT2D eigenvalue weighted by Gasteiger charge is -2.38. The van der Waals surface area contributed by atoms with E-state index in [0.29, 0.717) is 35.8 Å². The lowest BCUT2D eigenvalue weighted by atomic mass is 10.0. The monoisotopic (exact) mass is 478 g/mol. The van der Waals surface area contributed by atoms with Crippen LogP contribution in [0.4, 0.5) is 5.82 Å². The predicted molar refractivity (Wildman–Crippen MR) is 118 cm³/mol. The Balaban J connectivity index is 1.13. The van der Waals surface area contributed by atoms with E-state index in [1.165, 1.54) is 11.8 Å². The first kappa shape index (κ1) is 21.6. The first-order valence-electron chi connectivity index (χ1n) is 10.4. The molecule has 1 spiro atoms. The zero-order valence-electron chi connectivity index (χ0n) is 17.3. The van der Waals surface area contributed by atoms with Gasteiger partial charge < -0.3 is 29.2 Å². The van der Waals surface area contributed by atoms with Gasteiger partial charge in [0.05, 0.1) is 19.0 Å². The number of halogens is 1. The molecule has 0 radical (unpaired) electrons. The van der Waals surface area contributed by atoms with Gasteiger partial charge in [-0.2, -0.15) is 0 Å². The van der Waals surface area contributed by atoms with E-state index in [1.807, 2.05) is 18.2 Å². The maximum absolute atomic E-state index is 12.3. The van der Waals surface area contributed by atoms with Crippen LogP contribution in [-0.4, -0.2) is 60.5 Å². The van der Waals surface area contributed by atoms with Gasteiger partial charge in [-0.3, -0.25) is 4.79 Å². The fourth-order valence-electron chi connectivity index (χ4n) is 3.91. The van der Waals surface area contributed by atoms with E-state index < -0.39 is 5.79 Å². The topological polar surface area (TPSA) is 95.0 Å². The Hall–Kier alpha value is -2.27. The molecule has 0 unspecified atom stereocenters. The number of nitrogens with zero attached hydrogens (tertiary/aromatic N) is 3. The number of anilines is 1. The second-order valence-corrected chi connectivity index (χ2v) is 9.01. The molecular formula is C21H23ClN4O5S. The van der Waals surface area contributed by atoms with Crippen molar-refractivity contribution in [1.82, 2.24) is 15.3 Å². The number of nitrogens with one attached hydrogen (secondary N) is 1. The number of fused-ring (bicyclic) bond motifs is 1. The van der Waals surface area contributed by atoms with Crippen molar-refractivity contribution in [3.05, 3.63) is 35.0 Å². The number of hydrogen-bond donors (Lipinski definition) is 1. The third-order valence-corrected chi connectivity index (χ3v) is 6.62. The molecule has 1 aromatic heterocycles. The second kappa shape index (κ2) is 9.30. The van der Waals surface area contributed by atoms with Crippen molar-refractivity contribution in [2.24, 2.45) is 0 Å². The van der Waals surface area contributed by atoms with Gasteiger partial charge in [-0.15, -0.1) is 0 Å². The van der Waals surface area contributed by atoms with Crippen LogP contribution in [0.15, 0.2) is 29.4 Å². The Bertz CT molecular complexity index is 994. The molecule has 0 saturated carbocycles. The Morgan fingerprint density at radius 3 is 2.72 bits per heavy atom. The molecule has 1 amide bonds. The summed E-state index contributed by atoms with van der Waals surface area (Å²) in [5, 5.41) is 3.72. The van der Waals surface area contributed by atoms with Gasteiger partial charge in [0.2, 0.25) is 12.7 Å². The fraction of sp³-hybridized carbons (Fsp3) is 0.476. The molecule has 32 heavy (non-hydrogen) atoms. The van der Waals surface area contributed by atoms with Gasteiger partial charge >= 0.3 is 0 Å². The number of ether oxygens (including phenoxy) is 4. The van der Waals surface area contributed by atoms with Crippen LogP contribution in [0.5, 0.6) is 11.5 Å². The van der Waals surface area contributed by atoms with Crippen LogP contribution in [0, 0.1) is 0 Å². The molecule has 0 bridgehead atoms. The van der Waals surface area contributed by atoms with Gasteiger partial charge in [-0.1, -0.05) is 29.4 Å². The Kier molecular flexibility index (Phi) is 6.27. The molecule has 2 fully saturated rings. The van der Waals surface area contributed by atoms with Crippen LogP contribution in [0.3, 0.4) is 0 Å². The van der Waals surface area contributed by atoms with Gasteiger partial charge in [0.1, 0.15) is 11.0 Å². The van der Waals surface area contributed by atoms with Crippen molar-refractivity contribution in [1.29, 1.82) is 0 Å². The smallest absolute Gasteiger partial charge is 0.231 e. The Morgan fingerprint density at radius 1 is 1.12 bits per heavy atom. The largest absolute Gasteiger partial charge is 0.454 e. The molecule has 0 atom stereocenters. The maximum Gasteiger partial charge on any atom is 0.231 e. The molecule has 2 aromatic rings. The molecule has 1 N–H and O–H groups in total. The van der Waals surface area contributed by atoms with E-state index >= 15 is 0 Å². The highest BCUT2D eigenvalue weighted by molar-refractivity contribution is 7.99. The van der Waals surface area contributed by atoms with E-state index in [-0.39, 0.29) is 18.5 Å². The van der Waals surface area contributed by atoms with Crippen LogP contribution in [0.2, 0.25) is 5.15 Å². The molecule has 3 aliphatic rings. The molecule has 5 rings (SSSR count). The van der Waals surface area contributed by atoms with E-state index in [1.54, 1.807) is 6.07 Å². The van der Waals surface area contributed by atoms with Crippen molar-refractivity contribution in [3.8, 4) is 11.5 Å². The third kappa shape index (κ3) is 4.88. The highest BCUT2D eigenvalue weighted by Crippen LogP contribution is 2.34. The number of hydrogen-bond acceptors (Lipinski definition) is 9. The van der Waals surface area contributed by atoms with Crippen molar-refractivity contribution in [3.63, 3.8) is 0 Å². The summed E-state index contributed by atoms with van der Waals surface area (Å²) < 4.78 is 22.2. The zero-order chi connectivity index (χ0) is 22.0. The molecular weight excluding hydrogens is 456 g/mol. The molecule has 1 aromatic carbocycles. The first-order chi connectivity index (χ1) is 15.6. The molecule has 170 valence electrons. The second-order valence-electron chi connectivity index (χ2n) is 7.68. The number of benzene rings is 1. The van der Waals surface area contributed by atoms with Crippen LogP contribution in [-0.2, 0) is 20.8 Å². The van der Waals surface area contributed by atoms with Crippen LogP contribution < -0.4 is 19.7 Å². The van der Waals surface area contributed by atoms with Crippen molar-refractivity contribution < 1.29 is 23.7 Å². The van der Waals surface area contributed by atoms with Crippen LogP contribution >= 0.6 is 23.4 Å². The number of aromatic nitrogens is 2. The Labute approximate surface area is 194 Å². The normalized spacial score (nSPS) is 18.8. The summed E-state index contributed by atoms with van der Waals surface area (Å²) in [5.41, 5.74) is 0.937. The van der Waals surface area contributed by atoms with Gasteiger partial charge in [-0.25, -0.2) is 9.97 Å². The average Bonchev–Trinajstić information content (AvgIpc) is 3.46. The van der Waals surface area contributed by atoms with Gasteiger partial charge in [0.25, 0.3) is 0 Å². The fourth-order valence-corrected chi connectivity index (χ4v) is 4.82. The quantitative estimate of drug-likeness (QED) is 0.382. The summed E-state index contributed by atoms with van der Waals surface area (Å²) in [4.78, 5) is 23.3. The van der Waals surface area contributed by atoms with Crippen molar-refractivity contribution in [2.45, 2.75) is 30.3 Å². The lowest BCUT2D eigenvalue weighted by Crippen LogP contribution is -2.45. The van der Waals surface area contributed by atoms with Crippen LogP contribution in [0.1, 0.15) is 18.4 Å². The lowest BCUT2D eigenvalue weighted by molar-refractivity contribution is -0.169. The van der Waals surface area contributed by atoms with E-state index in [9.17, 15) is 4.79 Å². The summed E-state index contributed by atoms with van der Waals surface area (Å²) >= 11 is 7.49. The molecule has 11 heteroatoms. The highest BCUT2D eigenvalue weighted by atomic mass is 35.5. The number of amides is 1. The molecule has 3 aliphatic heterocycles. The minimum atomic E-state index is -0.443. The summed E-state index contributed by atoms with van der Waals surface area (Å²) in [7, 11) is 0. The third-order valence-electron chi connectivity index (χ3n) is 5.58. The molecule has 0 aliphatic carbocycles. The summed E-state index contributed by atoms with van der Waals surface area (Å²) in [6.45, 7) is 3.44. The van der Waals surface area contributed by atoms with Crippen molar-refractivity contribution in [2.75, 3.05) is 43.7 Å². The SMILES string of the molecule is O=C(CSc1nc(Cl)cc(N2CCC3(CC2)OCCO3)n1)NCc1ccc2c(c1)OCO2. The number of rotatable bonds is 6. The number of carbonyl (C=O) groups is 1. The van der Waals surface area contributed by atoms with Crippen molar-refractivity contribution >= 4 is 35.1 Å². The highest BCUT2D eigenvalue weighted by Gasteiger charge is 2.40. The average molecular weight is 479 g/mol. The van der Waals surface area contributed by atoms with E-state index in [0.717, 1.165) is 43.1 Å². The minimum absolute atomic E-state index is 0.117. The molecule has 4 heterocycles. The summed E-state index contributed by atoms with van der Waals surface area (Å²) in [6.07, 6.45) is 1.55.